The van der Waals surface area contributed by atoms with Crippen LogP contribution in [0.2, 0.25) is 0 Å². The van der Waals surface area contributed by atoms with Crippen molar-refractivity contribution in [1.29, 1.82) is 0 Å². The SMILES string of the molecule is Cc1ccc(-c2ccc(C=O)s2)c(C(=O)O)c1. The lowest BCUT2D eigenvalue weighted by Gasteiger charge is -2.04. The zero-order valence-electron chi connectivity index (χ0n) is 9.14. The van der Waals surface area contributed by atoms with E-state index in [1.54, 1.807) is 24.3 Å². The summed E-state index contributed by atoms with van der Waals surface area (Å²) in [6, 6.07) is 8.74. The van der Waals surface area contributed by atoms with E-state index in [2.05, 4.69) is 0 Å². The van der Waals surface area contributed by atoms with Crippen molar-refractivity contribution in [2.24, 2.45) is 0 Å². The number of carbonyl (C=O) groups excluding carboxylic acids is 1. The Morgan fingerprint density at radius 1 is 1.29 bits per heavy atom. The van der Waals surface area contributed by atoms with Crippen molar-refractivity contribution >= 4 is 23.6 Å². The highest BCUT2D eigenvalue weighted by molar-refractivity contribution is 7.17. The maximum absolute atomic E-state index is 11.2. The minimum absolute atomic E-state index is 0.268. The number of aromatic carboxylic acids is 1. The van der Waals surface area contributed by atoms with Gasteiger partial charge < -0.3 is 5.11 Å². The molecule has 2 rings (SSSR count). The summed E-state index contributed by atoms with van der Waals surface area (Å²) in [5, 5.41) is 9.15. The molecule has 1 N–H and O–H groups in total. The molecule has 2 aromatic rings. The Balaban J connectivity index is 2.58. The number of carboxylic acids is 1. The normalized spacial score (nSPS) is 10.2. The number of carbonyl (C=O) groups is 2. The van der Waals surface area contributed by atoms with Crippen LogP contribution in [0.5, 0.6) is 0 Å². The topological polar surface area (TPSA) is 54.4 Å². The summed E-state index contributed by atoms with van der Waals surface area (Å²) in [6.45, 7) is 1.85. The van der Waals surface area contributed by atoms with Crippen molar-refractivity contribution < 1.29 is 14.7 Å². The highest BCUT2D eigenvalue weighted by atomic mass is 32.1. The predicted molar refractivity (Wildman–Crippen MR) is 66.8 cm³/mol. The maximum atomic E-state index is 11.2. The smallest absolute Gasteiger partial charge is 0.336 e. The van der Waals surface area contributed by atoms with Crippen molar-refractivity contribution in [3.63, 3.8) is 0 Å². The van der Waals surface area contributed by atoms with Crippen molar-refractivity contribution in [2.45, 2.75) is 6.92 Å². The zero-order valence-corrected chi connectivity index (χ0v) is 9.95. The lowest BCUT2D eigenvalue weighted by atomic mass is 10.0. The number of thiophene rings is 1. The van der Waals surface area contributed by atoms with Crippen LogP contribution in [-0.4, -0.2) is 17.4 Å². The van der Waals surface area contributed by atoms with Crippen LogP contribution < -0.4 is 0 Å². The maximum Gasteiger partial charge on any atom is 0.336 e. The lowest BCUT2D eigenvalue weighted by Crippen LogP contribution is -1.99. The van der Waals surface area contributed by atoms with Crippen molar-refractivity contribution in [2.75, 3.05) is 0 Å². The third kappa shape index (κ3) is 2.26. The average Bonchev–Trinajstić information content (AvgIpc) is 2.77. The third-order valence-corrected chi connectivity index (χ3v) is 3.46. The van der Waals surface area contributed by atoms with Crippen LogP contribution in [-0.2, 0) is 0 Å². The van der Waals surface area contributed by atoms with E-state index in [-0.39, 0.29) is 5.56 Å². The number of aryl methyl sites for hydroxylation is 1. The molecule has 0 spiro atoms. The first-order valence-electron chi connectivity index (χ1n) is 5.01. The monoisotopic (exact) mass is 246 g/mol. The van der Waals surface area contributed by atoms with E-state index in [1.807, 2.05) is 13.0 Å². The van der Waals surface area contributed by atoms with Gasteiger partial charge in [0.15, 0.2) is 6.29 Å². The summed E-state index contributed by atoms with van der Waals surface area (Å²) < 4.78 is 0. The number of benzene rings is 1. The highest BCUT2D eigenvalue weighted by Crippen LogP contribution is 2.30. The minimum Gasteiger partial charge on any atom is -0.478 e. The molecule has 0 saturated heterocycles. The van der Waals surface area contributed by atoms with Crippen molar-refractivity contribution in [3.8, 4) is 10.4 Å². The second kappa shape index (κ2) is 4.51. The Morgan fingerprint density at radius 3 is 2.65 bits per heavy atom. The first kappa shape index (κ1) is 11.5. The first-order valence-corrected chi connectivity index (χ1v) is 5.83. The molecule has 4 heteroatoms. The van der Waals surface area contributed by atoms with Crippen LogP contribution in [0.4, 0.5) is 0 Å². The molecule has 0 aliphatic heterocycles. The number of hydrogen-bond donors (Lipinski definition) is 1. The predicted octanol–water partition coefficient (Wildman–Crippen LogP) is 3.23. The van der Waals surface area contributed by atoms with Crippen LogP contribution in [0.15, 0.2) is 30.3 Å². The minimum atomic E-state index is -0.954. The van der Waals surface area contributed by atoms with Gasteiger partial charge in [-0.25, -0.2) is 4.79 Å². The van der Waals surface area contributed by atoms with Gasteiger partial charge in [0.25, 0.3) is 0 Å². The molecule has 0 amide bonds. The molecule has 0 aliphatic carbocycles. The Kier molecular flexibility index (Phi) is 3.06. The fraction of sp³-hybridized carbons (Fsp3) is 0.0769. The van der Waals surface area contributed by atoms with Crippen molar-refractivity contribution in [3.05, 3.63) is 46.3 Å². The van der Waals surface area contributed by atoms with Gasteiger partial charge >= 0.3 is 5.97 Å². The number of aldehydes is 1. The quantitative estimate of drug-likeness (QED) is 0.846. The summed E-state index contributed by atoms with van der Waals surface area (Å²) >= 11 is 1.29. The fourth-order valence-corrected chi connectivity index (χ4v) is 2.47. The van der Waals surface area contributed by atoms with Gasteiger partial charge in [-0.3, -0.25) is 4.79 Å². The molecular weight excluding hydrogens is 236 g/mol. The van der Waals surface area contributed by atoms with Gasteiger partial charge in [-0.1, -0.05) is 17.7 Å². The van der Waals surface area contributed by atoms with Crippen LogP contribution in [0, 0.1) is 6.92 Å². The van der Waals surface area contributed by atoms with Gasteiger partial charge in [0.05, 0.1) is 10.4 Å². The number of carboxylic acid groups (broad SMARTS) is 1. The molecule has 0 unspecified atom stereocenters. The van der Waals surface area contributed by atoms with Crippen molar-refractivity contribution in [1.82, 2.24) is 0 Å². The standard InChI is InChI=1S/C13H10O3S/c1-8-2-4-10(11(6-8)13(15)16)12-5-3-9(7-14)17-12/h2-7H,1H3,(H,15,16). The Labute approximate surface area is 102 Å². The molecule has 1 aromatic heterocycles. The number of rotatable bonds is 3. The third-order valence-electron chi connectivity index (χ3n) is 2.41. The second-order valence-electron chi connectivity index (χ2n) is 3.67. The van der Waals surface area contributed by atoms with Crippen LogP contribution in [0.25, 0.3) is 10.4 Å². The molecule has 3 nitrogen and oxygen atoms in total. The molecule has 1 aromatic carbocycles. The summed E-state index contributed by atoms with van der Waals surface area (Å²) in [4.78, 5) is 23.2. The Bertz CT molecular complexity index is 584. The lowest BCUT2D eigenvalue weighted by molar-refractivity contribution is 0.0697. The van der Waals surface area contributed by atoms with Crippen LogP contribution in [0.3, 0.4) is 0 Å². The molecular formula is C13H10O3S. The van der Waals surface area contributed by atoms with Gasteiger partial charge in [0.1, 0.15) is 0 Å². The molecule has 1 heterocycles. The summed E-state index contributed by atoms with van der Waals surface area (Å²) in [7, 11) is 0. The average molecular weight is 246 g/mol. The zero-order chi connectivity index (χ0) is 12.4. The molecule has 0 aliphatic rings. The Morgan fingerprint density at radius 2 is 2.06 bits per heavy atom. The summed E-state index contributed by atoms with van der Waals surface area (Å²) in [6.07, 6.45) is 0.767. The van der Waals surface area contributed by atoms with Gasteiger partial charge in [0, 0.05) is 10.4 Å². The Hall–Kier alpha value is -1.94. The van der Waals surface area contributed by atoms with E-state index in [1.165, 1.54) is 11.3 Å². The molecule has 86 valence electrons. The first-order chi connectivity index (χ1) is 8.11. The van der Waals surface area contributed by atoms with Crippen LogP contribution in [0.1, 0.15) is 25.6 Å². The van der Waals surface area contributed by atoms with E-state index in [9.17, 15) is 9.59 Å². The molecule has 17 heavy (non-hydrogen) atoms. The van der Waals surface area contributed by atoms with Gasteiger partial charge in [0.2, 0.25) is 0 Å². The van der Waals surface area contributed by atoms with Gasteiger partial charge in [-0.2, -0.15) is 0 Å². The molecule has 0 saturated carbocycles. The van der Waals surface area contributed by atoms with E-state index in [4.69, 9.17) is 5.11 Å². The van der Waals surface area contributed by atoms with Crippen LogP contribution >= 0.6 is 11.3 Å². The van der Waals surface area contributed by atoms with Gasteiger partial charge in [-0.05, 0) is 25.1 Å². The van der Waals surface area contributed by atoms with Gasteiger partial charge in [-0.15, -0.1) is 11.3 Å². The summed E-state index contributed by atoms with van der Waals surface area (Å²) in [5.41, 5.74) is 1.82. The van der Waals surface area contributed by atoms with E-state index >= 15 is 0 Å². The second-order valence-corrected chi connectivity index (χ2v) is 4.79. The molecule has 0 fully saturated rings. The van der Waals surface area contributed by atoms with E-state index in [0.717, 1.165) is 16.7 Å². The van der Waals surface area contributed by atoms with E-state index < -0.39 is 5.97 Å². The fourth-order valence-electron chi connectivity index (χ4n) is 1.61. The highest BCUT2D eigenvalue weighted by Gasteiger charge is 2.13. The largest absolute Gasteiger partial charge is 0.478 e. The number of hydrogen-bond acceptors (Lipinski definition) is 3. The summed E-state index contributed by atoms with van der Waals surface area (Å²) in [5.74, 6) is -0.954. The van der Waals surface area contributed by atoms with E-state index in [0.29, 0.717) is 10.4 Å². The molecule has 0 bridgehead atoms. The molecule has 0 atom stereocenters. The molecule has 0 radical (unpaired) electrons.